The van der Waals surface area contributed by atoms with Gasteiger partial charge in [-0.25, -0.2) is 0 Å². The van der Waals surface area contributed by atoms with E-state index in [2.05, 4.69) is 0 Å². The van der Waals surface area contributed by atoms with Crippen LogP contribution in [0.1, 0.15) is 39.0 Å². The lowest BCUT2D eigenvalue weighted by Gasteiger charge is -2.47. The summed E-state index contributed by atoms with van der Waals surface area (Å²) < 4.78 is 0. The summed E-state index contributed by atoms with van der Waals surface area (Å²) in [5, 5.41) is 9.74. The van der Waals surface area contributed by atoms with Crippen LogP contribution in [0.5, 0.6) is 0 Å². The minimum atomic E-state index is -0.927. The van der Waals surface area contributed by atoms with Crippen molar-refractivity contribution < 1.29 is 5.11 Å². The molecule has 1 N–H and O–H groups in total. The van der Waals surface area contributed by atoms with Crippen LogP contribution < -0.4 is 0 Å². The molecule has 3 rings (SSSR count). The fourth-order valence-electron chi connectivity index (χ4n) is 3.09. The molecule has 0 heterocycles. The topological polar surface area (TPSA) is 20.2 Å². The summed E-state index contributed by atoms with van der Waals surface area (Å²) in [6, 6.07) is 0. The van der Waals surface area contributed by atoms with Crippen molar-refractivity contribution in [3.8, 4) is 0 Å². The molecule has 1 nitrogen and oxygen atoms in total. The Labute approximate surface area is 76.0 Å². The van der Waals surface area contributed by atoms with Gasteiger partial charge in [0.1, 0.15) is 7.85 Å². The van der Waals surface area contributed by atoms with Crippen molar-refractivity contribution in [2.45, 2.75) is 44.5 Å². The molecule has 0 spiro atoms. The van der Waals surface area contributed by atoms with Gasteiger partial charge >= 0.3 is 0 Å². The summed E-state index contributed by atoms with van der Waals surface area (Å²) >= 11 is 0. The van der Waals surface area contributed by atoms with E-state index < -0.39 is 5.50 Å². The second-order valence-electron chi connectivity index (χ2n) is 4.85. The first-order valence-corrected chi connectivity index (χ1v) is 5.08. The van der Waals surface area contributed by atoms with Gasteiger partial charge in [-0.1, -0.05) is 12.8 Å². The third kappa shape index (κ3) is 1.41. The van der Waals surface area contributed by atoms with Gasteiger partial charge in [0.05, 0.1) is 0 Å². The first-order valence-electron chi connectivity index (χ1n) is 5.08. The van der Waals surface area contributed by atoms with Crippen molar-refractivity contribution in [2.75, 3.05) is 0 Å². The molecule has 2 bridgehead atoms. The molecule has 2 unspecified atom stereocenters. The second kappa shape index (κ2) is 2.76. The lowest BCUT2D eigenvalue weighted by atomic mass is 9.55. The Balaban J connectivity index is 2.09. The van der Waals surface area contributed by atoms with Crippen LogP contribution in [-0.4, -0.2) is 18.5 Å². The van der Waals surface area contributed by atoms with Gasteiger partial charge in [-0.3, -0.25) is 0 Å². The largest absolute Gasteiger partial charge is 0.400 e. The van der Waals surface area contributed by atoms with Crippen molar-refractivity contribution in [1.82, 2.24) is 0 Å². The molecule has 0 aromatic carbocycles. The lowest BCUT2D eigenvalue weighted by Crippen LogP contribution is -2.45. The van der Waals surface area contributed by atoms with E-state index in [9.17, 15) is 5.11 Å². The van der Waals surface area contributed by atoms with Gasteiger partial charge in [-0.2, -0.15) is 0 Å². The quantitative estimate of drug-likeness (QED) is 0.584. The van der Waals surface area contributed by atoms with Crippen molar-refractivity contribution in [3.63, 3.8) is 0 Å². The predicted molar refractivity (Wildman–Crippen MR) is 49.9 cm³/mol. The van der Waals surface area contributed by atoms with E-state index >= 15 is 0 Å². The first-order chi connectivity index (χ1) is 5.57. The van der Waals surface area contributed by atoms with Gasteiger partial charge in [0.25, 0.3) is 0 Å². The van der Waals surface area contributed by atoms with Crippen LogP contribution in [0.3, 0.4) is 0 Å². The molecule has 3 aliphatic carbocycles. The normalized spacial score (nSPS) is 45.7. The van der Waals surface area contributed by atoms with Crippen LogP contribution in [0.4, 0.5) is 0 Å². The standard InChI is InChI=1S/C10H17BO/c1-10(11,12)9-6-7-2-4-8(9)5-3-7/h7-9,12H,2-6H2,1H3. The molecule has 2 radical (unpaired) electrons. The Bertz CT molecular complexity index is 165. The minimum absolute atomic E-state index is 0.366. The van der Waals surface area contributed by atoms with Crippen LogP contribution in [0.25, 0.3) is 0 Å². The van der Waals surface area contributed by atoms with Crippen LogP contribution in [0.15, 0.2) is 0 Å². The zero-order valence-electron chi connectivity index (χ0n) is 7.79. The molecule has 0 aromatic rings. The maximum Gasteiger partial charge on any atom is 0.113 e. The molecule has 0 amide bonds. The van der Waals surface area contributed by atoms with Crippen molar-refractivity contribution in [2.24, 2.45) is 17.8 Å². The van der Waals surface area contributed by atoms with Gasteiger partial charge in [-0.05, 0) is 43.9 Å². The van der Waals surface area contributed by atoms with E-state index in [1.807, 2.05) is 0 Å². The first kappa shape index (κ1) is 8.62. The number of rotatable bonds is 1. The monoisotopic (exact) mass is 164 g/mol. The number of hydrogen-bond donors (Lipinski definition) is 1. The Morgan fingerprint density at radius 2 is 1.83 bits per heavy atom. The fraction of sp³-hybridized carbons (Fsp3) is 1.00. The average Bonchev–Trinajstić information content (AvgIpc) is 2.05. The summed E-state index contributed by atoms with van der Waals surface area (Å²) in [4.78, 5) is 0. The van der Waals surface area contributed by atoms with Gasteiger partial charge < -0.3 is 5.11 Å². The summed E-state index contributed by atoms with van der Waals surface area (Å²) in [5.74, 6) is 1.93. The van der Waals surface area contributed by atoms with Crippen LogP contribution in [-0.2, 0) is 0 Å². The maximum absolute atomic E-state index is 9.74. The summed E-state index contributed by atoms with van der Waals surface area (Å²) in [7, 11) is 5.75. The molecule has 0 saturated heterocycles. The van der Waals surface area contributed by atoms with E-state index in [-0.39, 0.29) is 0 Å². The van der Waals surface area contributed by atoms with Gasteiger partial charge in [0.15, 0.2) is 0 Å². The highest BCUT2D eigenvalue weighted by atomic mass is 16.3. The van der Waals surface area contributed by atoms with Crippen LogP contribution in [0.2, 0.25) is 0 Å². The molecule has 66 valence electrons. The molecule has 3 fully saturated rings. The predicted octanol–water partition coefficient (Wildman–Crippen LogP) is 1.69. The lowest BCUT2D eigenvalue weighted by molar-refractivity contribution is -0.0206. The highest BCUT2D eigenvalue weighted by molar-refractivity contribution is 6.14. The summed E-state index contributed by atoms with van der Waals surface area (Å²) in [6.07, 6.45) is 6.49. The molecule has 0 aliphatic heterocycles. The number of fused-ring (bicyclic) bond motifs is 3. The van der Waals surface area contributed by atoms with E-state index in [1.54, 1.807) is 6.92 Å². The molecular weight excluding hydrogens is 147 g/mol. The molecule has 3 aliphatic rings. The molecular formula is C10H17BO. The second-order valence-corrected chi connectivity index (χ2v) is 4.85. The summed E-state index contributed by atoms with van der Waals surface area (Å²) in [5.41, 5.74) is -0.927. The molecule has 12 heavy (non-hydrogen) atoms. The third-order valence-electron chi connectivity index (χ3n) is 3.80. The fourth-order valence-corrected chi connectivity index (χ4v) is 3.09. The highest BCUT2D eigenvalue weighted by Gasteiger charge is 2.41. The number of aliphatic hydroxyl groups is 1. The van der Waals surface area contributed by atoms with E-state index in [0.29, 0.717) is 11.8 Å². The van der Waals surface area contributed by atoms with Crippen LogP contribution >= 0.6 is 0 Å². The van der Waals surface area contributed by atoms with Gasteiger partial charge in [0.2, 0.25) is 0 Å². The SMILES string of the molecule is [B]C(C)(O)C1CC2CCC1CC2. The third-order valence-corrected chi connectivity index (χ3v) is 3.80. The Morgan fingerprint density at radius 1 is 1.25 bits per heavy atom. The van der Waals surface area contributed by atoms with E-state index in [0.717, 1.165) is 12.3 Å². The Kier molecular flexibility index (Phi) is 1.98. The van der Waals surface area contributed by atoms with Crippen LogP contribution in [0, 0.1) is 17.8 Å². The Hall–Kier alpha value is 0.0249. The smallest absolute Gasteiger partial charge is 0.113 e. The zero-order valence-corrected chi connectivity index (χ0v) is 7.79. The highest BCUT2D eigenvalue weighted by Crippen LogP contribution is 2.48. The van der Waals surface area contributed by atoms with E-state index in [4.69, 9.17) is 7.85 Å². The van der Waals surface area contributed by atoms with Gasteiger partial charge in [-0.15, -0.1) is 0 Å². The van der Waals surface area contributed by atoms with E-state index in [1.165, 1.54) is 25.7 Å². The molecule has 0 aromatic heterocycles. The Morgan fingerprint density at radius 3 is 2.08 bits per heavy atom. The average molecular weight is 164 g/mol. The number of hydrogen-bond acceptors (Lipinski definition) is 1. The minimum Gasteiger partial charge on any atom is -0.400 e. The summed E-state index contributed by atoms with van der Waals surface area (Å²) in [6.45, 7) is 1.76. The molecule has 3 saturated carbocycles. The van der Waals surface area contributed by atoms with Crippen molar-refractivity contribution >= 4 is 7.85 Å². The maximum atomic E-state index is 9.74. The zero-order chi connectivity index (χ0) is 8.77. The van der Waals surface area contributed by atoms with Gasteiger partial charge in [0, 0.05) is 5.50 Å². The molecule has 2 atom stereocenters. The molecule has 2 heteroatoms. The van der Waals surface area contributed by atoms with Crippen molar-refractivity contribution in [1.29, 1.82) is 0 Å². The van der Waals surface area contributed by atoms with Crippen molar-refractivity contribution in [3.05, 3.63) is 0 Å².